The second kappa shape index (κ2) is 5.46. The first-order valence-electron chi connectivity index (χ1n) is 4.91. The van der Waals surface area contributed by atoms with Crippen molar-refractivity contribution in [3.05, 3.63) is 29.0 Å². The number of carboxylic acids is 1. The van der Waals surface area contributed by atoms with E-state index in [1.165, 1.54) is 11.8 Å². The number of pyridine rings is 2. The van der Waals surface area contributed by atoms with Crippen molar-refractivity contribution in [2.75, 3.05) is 5.75 Å². The Morgan fingerprint density at radius 3 is 3.06 bits per heavy atom. The van der Waals surface area contributed by atoms with Crippen molar-refractivity contribution in [2.45, 2.75) is 11.3 Å². The molecular formula is C11H9BrN2O2S. The standard InChI is InChI=1S/C11H9BrN2O2S/c12-7-5-8-11(14-6-7)9(1-3-13-8)17-4-2-10(15)16/h1,3,5-6H,2,4H2,(H,15,16). The molecule has 2 heterocycles. The number of fused-ring (bicyclic) bond motifs is 1. The van der Waals surface area contributed by atoms with Gasteiger partial charge in [0.1, 0.15) is 5.52 Å². The molecule has 88 valence electrons. The molecule has 2 aromatic heterocycles. The minimum absolute atomic E-state index is 0.144. The summed E-state index contributed by atoms with van der Waals surface area (Å²) >= 11 is 4.83. The van der Waals surface area contributed by atoms with Gasteiger partial charge >= 0.3 is 5.97 Å². The molecule has 4 nitrogen and oxygen atoms in total. The zero-order chi connectivity index (χ0) is 12.3. The lowest BCUT2D eigenvalue weighted by atomic mass is 10.3. The molecule has 0 amide bonds. The summed E-state index contributed by atoms with van der Waals surface area (Å²) in [4.78, 5) is 19.9. The molecule has 17 heavy (non-hydrogen) atoms. The van der Waals surface area contributed by atoms with E-state index < -0.39 is 5.97 Å². The Kier molecular flexibility index (Phi) is 3.96. The number of aliphatic carboxylic acids is 1. The van der Waals surface area contributed by atoms with E-state index in [9.17, 15) is 4.79 Å². The minimum atomic E-state index is -0.786. The quantitative estimate of drug-likeness (QED) is 0.879. The summed E-state index contributed by atoms with van der Waals surface area (Å²) in [7, 11) is 0. The van der Waals surface area contributed by atoms with Crippen LogP contribution in [-0.2, 0) is 4.79 Å². The molecule has 0 bridgehead atoms. The molecule has 0 radical (unpaired) electrons. The fraction of sp³-hybridized carbons (Fsp3) is 0.182. The van der Waals surface area contributed by atoms with Crippen LogP contribution in [0.25, 0.3) is 11.0 Å². The van der Waals surface area contributed by atoms with Gasteiger partial charge in [-0.25, -0.2) is 0 Å². The van der Waals surface area contributed by atoms with Crippen molar-refractivity contribution in [1.29, 1.82) is 0 Å². The summed E-state index contributed by atoms with van der Waals surface area (Å²) in [5, 5.41) is 8.59. The topological polar surface area (TPSA) is 63.1 Å². The lowest BCUT2D eigenvalue weighted by Crippen LogP contribution is -1.96. The predicted molar refractivity (Wildman–Crippen MR) is 70.2 cm³/mol. The van der Waals surface area contributed by atoms with Gasteiger partial charge in [-0.3, -0.25) is 14.8 Å². The van der Waals surface area contributed by atoms with Crippen LogP contribution in [0.5, 0.6) is 0 Å². The average Bonchev–Trinajstić information content (AvgIpc) is 2.28. The van der Waals surface area contributed by atoms with Crippen LogP contribution in [-0.4, -0.2) is 26.8 Å². The van der Waals surface area contributed by atoms with Gasteiger partial charge in [-0.1, -0.05) is 0 Å². The van der Waals surface area contributed by atoms with Gasteiger partial charge in [-0.05, 0) is 28.1 Å². The number of hydrogen-bond acceptors (Lipinski definition) is 4. The highest BCUT2D eigenvalue weighted by molar-refractivity contribution is 9.10. The first kappa shape index (κ1) is 12.3. The number of carboxylic acid groups (broad SMARTS) is 1. The molecule has 2 aromatic rings. The van der Waals surface area contributed by atoms with E-state index in [-0.39, 0.29) is 6.42 Å². The third-order valence-electron chi connectivity index (χ3n) is 2.08. The van der Waals surface area contributed by atoms with E-state index >= 15 is 0 Å². The largest absolute Gasteiger partial charge is 0.481 e. The molecule has 2 rings (SSSR count). The molecule has 0 saturated heterocycles. The summed E-state index contributed by atoms with van der Waals surface area (Å²) in [6.45, 7) is 0. The first-order valence-corrected chi connectivity index (χ1v) is 6.69. The van der Waals surface area contributed by atoms with Gasteiger partial charge in [0.25, 0.3) is 0 Å². The van der Waals surface area contributed by atoms with E-state index in [2.05, 4.69) is 25.9 Å². The summed E-state index contributed by atoms with van der Waals surface area (Å²) in [6, 6.07) is 3.75. The van der Waals surface area contributed by atoms with Crippen LogP contribution in [0.2, 0.25) is 0 Å². The fourth-order valence-electron chi connectivity index (χ4n) is 1.35. The molecule has 6 heteroatoms. The Bertz CT molecular complexity index is 562. The van der Waals surface area contributed by atoms with Crippen molar-refractivity contribution >= 4 is 44.7 Å². The van der Waals surface area contributed by atoms with Crippen LogP contribution in [0.15, 0.2) is 33.9 Å². The van der Waals surface area contributed by atoms with Crippen molar-refractivity contribution in [3.63, 3.8) is 0 Å². The molecule has 0 saturated carbocycles. The SMILES string of the molecule is O=C(O)CCSc1ccnc2cc(Br)cnc12. The van der Waals surface area contributed by atoms with Gasteiger partial charge < -0.3 is 5.11 Å². The van der Waals surface area contributed by atoms with Crippen LogP contribution < -0.4 is 0 Å². The van der Waals surface area contributed by atoms with Crippen LogP contribution in [0.4, 0.5) is 0 Å². The van der Waals surface area contributed by atoms with Gasteiger partial charge in [0.15, 0.2) is 0 Å². The van der Waals surface area contributed by atoms with E-state index in [1.807, 2.05) is 12.1 Å². The van der Waals surface area contributed by atoms with Crippen LogP contribution >= 0.6 is 27.7 Å². The van der Waals surface area contributed by atoms with Crippen molar-refractivity contribution in [2.24, 2.45) is 0 Å². The maximum atomic E-state index is 10.5. The zero-order valence-corrected chi connectivity index (χ0v) is 11.2. The Morgan fingerprint density at radius 2 is 2.29 bits per heavy atom. The minimum Gasteiger partial charge on any atom is -0.481 e. The molecule has 1 N–H and O–H groups in total. The Balaban J connectivity index is 2.25. The number of rotatable bonds is 4. The number of halogens is 1. The normalized spacial score (nSPS) is 10.6. The molecule has 0 aliphatic rings. The van der Waals surface area contributed by atoms with Gasteiger partial charge in [0, 0.05) is 27.5 Å². The molecule has 0 fully saturated rings. The summed E-state index contributed by atoms with van der Waals surface area (Å²) in [5.41, 5.74) is 1.62. The van der Waals surface area contributed by atoms with E-state index in [4.69, 9.17) is 5.11 Å². The monoisotopic (exact) mass is 312 g/mol. The van der Waals surface area contributed by atoms with E-state index in [0.717, 1.165) is 20.4 Å². The highest BCUT2D eigenvalue weighted by Gasteiger charge is 2.05. The van der Waals surface area contributed by atoms with Crippen LogP contribution in [0.3, 0.4) is 0 Å². The Hall–Kier alpha value is -1.14. The highest BCUT2D eigenvalue weighted by atomic mass is 79.9. The fourth-order valence-corrected chi connectivity index (χ4v) is 2.61. The third kappa shape index (κ3) is 3.17. The number of aromatic nitrogens is 2. The third-order valence-corrected chi connectivity index (χ3v) is 3.56. The number of hydrogen-bond donors (Lipinski definition) is 1. The highest BCUT2D eigenvalue weighted by Crippen LogP contribution is 2.26. The first-order chi connectivity index (χ1) is 8.16. The second-order valence-corrected chi connectivity index (χ2v) is 5.37. The maximum absolute atomic E-state index is 10.5. The molecule has 0 spiro atoms. The molecule has 0 aliphatic heterocycles. The second-order valence-electron chi connectivity index (χ2n) is 3.32. The maximum Gasteiger partial charge on any atom is 0.304 e. The number of thioether (sulfide) groups is 1. The summed E-state index contributed by atoms with van der Waals surface area (Å²) in [6.07, 6.45) is 3.57. The van der Waals surface area contributed by atoms with E-state index in [0.29, 0.717) is 5.75 Å². The van der Waals surface area contributed by atoms with Crippen LogP contribution in [0, 0.1) is 0 Å². The summed E-state index contributed by atoms with van der Waals surface area (Å²) in [5.74, 6) is -0.252. The zero-order valence-electron chi connectivity index (χ0n) is 8.76. The molecule has 0 unspecified atom stereocenters. The van der Waals surface area contributed by atoms with Gasteiger partial charge in [0.05, 0.1) is 11.9 Å². The van der Waals surface area contributed by atoms with E-state index in [1.54, 1.807) is 12.4 Å². The summed E-state index contributed by atoms with van der Waals surface area (Å²) < 4.78 is 0.880. The van der Waals surface area contributed by atoms with Gasteiger partial charge in [-0.2, -0.15) is 0 Å². The van der Waals surface area contributed by atoms with Crippen LogP contribution in [0.1, 0.15) is 6.42 Å². The molecule has 0 aliphatic carbocycles. The average molecular weight is 313 g/mol. The lowest BCUT2D eigenvalue weighted by Gasteiger charge is -2.04. The molecule has 0 aromatic carbocycles. The van der Waals surface area contributed by atoms with Gasteiger partial charge in [0.2, 0.25) is 0 Å². The Labute approximate surface area is 111 Å². The number of nitrogens with zero attached hydrogens (tertiary/aromatic N) is 2. The smallest absolute Gasteiger partial charge is 0.304 e. The van der Waals surface area contributed by atoms with Crippen molar-refractivity contribution in [3.8, 4) is 0 Å². The Morgan fingerprint density at radius 1 is 1.47 bits per heavy atom. The lowest BCUT2D eigenvalue weighted by molar-refractivity contribution is -0.136. The van der Waals surface area contributed by atoms with Gasteiger partial charge in [-0.15, -0.1) is 11.8 Å². The molecular weight excluding hydrogens is 304 g/mol. The predicted octanol–water partition coefficient (Wildman–Crippen LogP) is 2.96. The molecule has 0 atom stereocenters. The number of carbonyl (C=O) groups is 1. The van der Waals surface area contributed by atoms with Crippen molar-refractivity contribution in [1.82, 2.24) is 9.97 Å². The van der Waals surface area contributed by atoms with Crippen molar-refractivity contribution < 1.29 is 9.90 Å².